The number of hydrogen-bond acceptors (Lipinski definition) is 5. The number of aryl methyl sites for hydroxylation is 2. The first-order chi connectivity index (χ1) is 10.4. The van der Waals surface area contributed by atoms with Gasteiger partial charge < -0.3 is 5.32 Å². The Balaban J connectivity index is 2.01. The van der Waals surface area contributed by atoms with Crippen molar-refractivity contribution in [3.05, 3.63) is 17.5 Å². The zero-order valence-electron chi connectivity index (χ0n) is 13.8. The van der Waals surface area contributed by atoms with Gasteiger partial charge in [-0.05, 0) is 39.2 Å². The van der Waals surface area contributed by atoms with Gasteiger partial charge in [-0.1, -0.05) is 25.6 Å². The van der Waals surface area contributed by atoms with E-state index in [9.17, 15) is 4.79 Å². The molecule has 2 rings (SSSR count). The lowest BCUT2D eigenvalue weighted by molar-refractivity contribution is -0.120. The van der Waals surface area contributed by atoms with Crippen LogP contribution in [0, 0.1) is 19.8 Å². The molecule has 0 aliphatic heterocycles. The first kappa shape index (κ1) is 16.7. The fourth-order valence-electron chi connectivity index (χ4n) is 2.04. The molecule has 22 heavy (non-hydrogen) atoms. The van der Waals surface area contributed by atoms with Gasteiger partial charge in [0.15, 0.2) is 0 Å². The second-order valence-corrected chi connectivity index (χ2v) is 7.19. The van der Waals surface area contributed by atoms with Gasteiger partial charge in [-0.25, -0.2) is 9.50 Å². The zero-order valence-corrected chi connectivity index (χ0v) is 14.6. The first-order valence-corrected chi connectivity index (χ1v) is 8.40. The quantitative estimate of drug-likeness (QED) is 0.827. The van der Waals surface area contributed by atoms with Gasteiger partial charge in [0.1, 0.15) is 0 Å². The summed E-state index contributed by atoms with van der Waals surface area (Å²) in [5, 5.41) is 7.71. The highest BCUT2D eigenvalue weighted by molar-refractivity contribution is 8.00. The van der Waals surface area contributed by atoms with Crippen molar-refractivity contribution in [2.24, 2.45) is 5.92 Å². The van der Waals surface area contributed by atoms with Crippen LogP contribution in [0.1, 0.15) is 38.6 Å². The van der Waals surface area contributed by atoms with Crippen molar-refractivity contribution in [3.63, 3.8) is 0 Å². The lowest BCUT2D eigenvalue weighted by atomic mass is 10.1. The number of carbonyl (C=O) groups excluding carboxylic acids is 1. The van der Waals surface area contributed by atoms with Gasteiger partial charge in [0.2, 0.25) is 11.1 Å². The Labute approximate surface area is 135 Å². The van der Waals surface area contributed by atoms with Gasteiger partial charge in [0.25, 0.3) is 5.78 Å². The molecule has 2 heterocycles. The maximum absolute atomic E-state index is 12.1. The number of hydrogen-bond donors (Lipinski definition) is 1. The van der Waals surface area contributed by atoms with Crippen LogP contribution in [0.5, 0.6) is 0 Å². The van der Waals surface area contributed by atoms with Crippen LogP contribution in [0.15, 0.2) is 11.2 Å². The smallest absolute Gasteiger partial charge is 0.253 e. The highest BCUT2D eigenvalue weighted by atomic mass is 32.2. The monoisotopic (exact) mass is 321 g/mol. The molecule has 0 saturated carbocycles. The van der Waals surface area contributed by atoms with Crippen LogP contribution in [0.2, 0.25) is 0 Å². The molecule has 0 aromatic carbocycles. The summed E-state index contributed by atoms with van der Waals surface area (Å²) in [5.41, 5.74) is 1.89. The van der Waals surface area contributed by atoms with E-state index >= 15 is 0 Å². The molecule has 0 aliphatic rings. The molecule has 0 bridgehead atoms. The summed E-state index contributed by atoms with van der Waals surface area (Å²) in [6.07, 6.45) is 0.984. The summed E-state index contributed by atoms with van der Waals surface area (Å²) in [6.45, 7) is 10.8. The van der Waals surface area contributed by atoms with E-state index in [0.717, 1.165) is 17.8 Å². The SMILES string of the molecule is Cc1cc(C)n2nc(S[C@H](C)C(=O)NCCC(C)C)nc2n1. The molecule has 120 valence electrons. The lowest BCUT2D eigenvalue weighted by Crippen LogP contribution is -2.32. The Bertz CT molecular complexity index is 667. The molecule has 0 spiro atoms. The van der Waals surface area contributed by atoms with Crippen molar-refractivity contribution in [2.45, 2.75) is 51.4 Å². The predicted octanol–water partition coefficient (Wildman–Crippen LogP) is 2.38. The van der Waals surface area contributed by atoms with E-state index in [2.05, 4.69) is 34.2 Å². The van der Waals surface area contributed by atoms with E-state index in [-0.39, 0.29) is 11.2 Å². The van der Waals surface area contributed by atoms with Crippen molar-refractivity contribution in [3.8, 4) is 0 Å². The minimum Gasteiger partial charge on any atom is -0.355 e. The number of nitrogens with one attached hydrogen (secondary N) is 1. The zero-order chi connectivity index (χ0) is 16.3. The van der Waals surface area contributed by atoms with Crippen LogP contribution in [-0.4, -0.2) is 37.3 Å². The molecule has 0 saturated heterocycles. The molecule has 0 fully saturated rings. The summed E-state index contributed by atoms with van der Waals surface area (Å²) in [7, 11) is 0. The molecule has 1 amide bonds. The number of carbonyl (C=O) groups is 1. The van der Waals surface area contributed by atoms with Crippen molar-refractivity contribution in [1.29, 1.82) is 0 Å². The number of fused-ring (bicyclic) bond motifs is 1. The van der Waals surface area contributed by atoms with E-state index in [1.807, 2.05) is 26.8 Å². The largest absolute Gasteiger partial charge is 0.355 e. The molecule has 1 N–H and O–H groups in total. The highest BCUT2D eigenvalue weighted by Crippen LogP contribution is 2.20. The van der Waals surface area contributed by atoms with Gasteiger partial charge in [-0.2, -0.15) is 4.98 Å². The van der Waals surface area contributed by atoms with Crippen LogP contribution >= 0.6 is 11.8 Å². The van der Waals surface area contributed by atoms with Gasteiger partial charge in [0.05, 0.1) is 5.25 Å². The van der Waals surface area contributed by atoms with Gasteiger partial charge in [-0.15, -0.1) is 5.10 Å². The summed E-state index contributed by atoms with van der Waals surface area (Å²) in [5.74, 6) is 1.18. The molecule has 1 atom stereocenters. The number of thioether (sulfide) groups is 1. The first-order valence-electron chi connectivity index (χ1n) is 7.52. The molecule has 6 nitrogen and oxygen atoms in total. The fourth-order valence-corrected chi connectivity index (χ4v) is 2.81. The van der Waals surface area contributed by atoms with Crippen LogP contribution in [0.25, 0.3) is 5.78 Å². The molecular formula is C15H23N5OS. The predicted molar refractivity (Wildman–Crippen MR) is 88.0 cm³/mol. The Morgan fingerprint density at radius 2 is 2.05 bits per heavy atom. The van der Waals surface area contributed by atoms with E-state index in [1.54, 1.807) is 4.52 Å². The summed E-state index contributed by atoms with van der Waals surface area (Å²) in [4.78, 5) is 20.8. The lowest BCUT2D eigenvalue weighted by Gasteiger charge is -2.11. The van der Waals surface area contributed by atoms with Crippen molar-refractivity contribution >= 4 is 23.4 Å². The summed E-state index contributed by atoms with van der Waals surface area (Å²) < 4.78 is 1.71. The van der Waals surface area contributed by atoms with Crippen molar-refractivity contribution in [1.82, 2.24) is 24.9 Å². The summed E-state index contributed by atoms with van der Waals surface area (Å²) >= 11 is 1.36. The van der Waals surface area contributed by atoms with Gasteiger partial charge >= 0.3 is 0 Å². The molecule has 0 aliphatic carbocycles. The third-order valence-corrected chi connectivity index (χ3v) is 4.22. The maximum atomic E-state index is 12.1. The molecule has 7 heteroatoms. The average molecular weight is 321 g/mol. The number of nitrogens with zero attached hydrogens (tertiary/aromatic N) is 4. The van der Waals surface area contributed by atoms with E-state index < -0.39 is 0 Å². The second kappa shape index (κ2) is 7.09. The minimum atomic E-state index is -0.231. The molecule has 0 unspecified atom stereocenters. The number of aromatic nitrogens is 4. The summed E-state index contributed by atoms with van der Waals surface area (Å²) in [6, 6.07) is 1.96. The standard InChI is InChI=1S/C15H23N5OS/c1-9(2)6-7-16-13(21)12(5)22-15-18-14-17-10(3)8-11(4)20(14)19-15/h8-9,12H,6-7H2,1-5H3,(H,16,21)/t12-/m1/s1. The van der Waals surface area contributed by atoms with E-state index in [1.165, 1.54) is 11.8 Å². The highest BCUT2D eigenvalue weighted by Gasteiger charge is 2.17. The van der Waals surface area contributed by atoms with Crippen LogP contribution in [0.3, 0.4) is 0 Å². The van der Waals surface area contributed by atoms with E-state index in [0.29, 0.717) is 23.4 Å². The van der Waals surface area contributed by atoms with Crippen LogP contribution in [0.4, 0.5) is 0 Å². The Kier molecular flexibility index (Phi) is 5.39. The maximum Gasteiger partial charge on any atom is 0.253 e. The van der Waals surface area contributed by atoms with Gasteiger partial charge in [-0.3, -0.25) is 4.79 Å². The Morgan fingerprint density at radius 3 is 2.73 bits per heavy atom. The molecular weight excluding hydrogens is 298 g/mol. The van der Waals surface area contributed by atoms with Gasteiger partial charge in [0, 0.05) is 17.9 Å². The molecule has 0 radical (unpaired) electrons. The third kappa shape index (κ3) is 4.19. The van der Waals surface area contributed by atoms with Crippen molar-refractivity contribution in [2.75, 3.05) is 6.54 Å². The number of amides is 1. The fraction of sp³-hybridized carbons (Fsp3) is 0.600. The normalized spacial score (nSPS) is 12.8. The second-order valence-electron chi connectivity index (χ2n) is 5.88. The Hall–Kier alpha value is -1.63. The Morgan fingerprint density at radius 1 is 1.32 bits per heavy atom. The number of rotatable bonds is 6. The average Bonchev–Trinajstić information content (AvgIpc) is 2.80. The van der Waals surface area contributed by atoms with Crippen molar-refractivity contribution < 1.29 is 4.79 Å². The molecule has 2 aromatic rings. The van der Waals surface area contributed by atoms with E-state index in [4.69, 9.17) is 0 Å². The topological polar surface area (TPSA) is 72.2 Å². The van der Waals surface area contributed by atoms with Crippen LogP contribution in [-0.2, 0) is 4.79 Å². The molecule has 2 aromatic heterocycles. The third-order valence-electron chi connectivity index (χ3n) is 3.27. The van der Waals surface area contributed by atoms with Crippen LogP contribution < -0.4 is 5.32 Å². The minimum absolute atomic E-state index is 0.0189.